The van der Waals surface area contributed by atoms with Crippen LogP contribution < -0.4 is 5.32 Å². The predicted octanol–water partition coefficient (Wildman–Crippen LogP) is -0.869. The molecule has 0 aliphatic carbocycles. The number of hydrogen-bond donors (Lipinski definition) is 6. The number of fused-ring (bicyclic) bond motifs is 1. The van der Waals surface area contributed by atoms with Crippen LogP contribution in [0.5, 0.6) is 0 Å². The van der Waals surface area contributed by atoms with Gasteiger partial charge in [-0.1, -0.05) is 17.7 Å². The van der Waals surface area contributed by atoms with Crippen LogP contribution >= 0.6 is 11.6 Å². The molecule has 3 aliphatic rings. The molecule has 0 saturated carbocycles. The van der Waals surface area contributed by atoms with Gasteiger partial charge in [-0.05, 0) is 17.7 Å². The summed E-state index contributed by atoms with van der Waals surface area (Å²) in [7, 11) is 0. The molecular weight excluding hydrogens is 556 g/mol. The molecule has 3 saturated heterocycles. The lowest BCUT2D eigenvalue weighted by Gasteiger charge is -2.48. The van der Waals surface area contributed by atoms with Crippen molar-refractivity contribution in [2.24, 2.45) is 0 Å². The number of aliphatic hydroxyl groups excluding tert-OH is 5. The molecule has 3 aliphatic heterocycles. The summed E-state index contributed by atoms with van der Waals surface area (Å²) in [5.74, 6) is -0.315. The Morgan fingerprint density at radius 2 is 1.88 bits per heavy atom. The summed E-state index contributed by atoms with van der Waals surface area (Å²) in [5.41, 5.74) is 0.940. The fourth-order valence-corrected chi connectivity index (χ4v) is 4.87. The Bertz CT molecular complexity index is 1060. The van der Waals surface area contributed by atoms with E-state index in [1.165, 1.54) is 6.92 Å². The molecule has 0 aromatic heterocycles. The number of nitriles is 1. The molecule has 0 bridgehead atoms. The minimum Gasteiger partial charge on any atom is -0.394 e. The monoisotopic (exact) mass is 588 g/mol. The standard InChI is InChI=1S/C25H33ClN2O12/c1-11(30)28-14-7-12(4-5-13(14)26)9-36-24-20(33)18(31)22(15(8-29)37-24)40-25-21(34)19(32)23-16(38-25)10-35-17(39-23)3-2-6-27/h4-5,7,15-25,29,31-34H,2-3,8-10H2,1H3,(H,28,30)/t15-,16-,17?,18-,19-,20-,21-,22-,23-,24-,25-/m1/s1. The lowest BCUT2D eigenvalue weighted by Crippen LogP contribution is -2.66. The van der Waals surface area contributed by atoms with Gasteiger partial charge in [-0.3, -0.25) is 4.79 Å². The van der Waals surface area contributed by atoms with Crippen molar-refractivity contribution in [3.63, 3.8) is 0 Å². The maximum Gasteiger partial charge on any atom is 0.221 e. The molecule has 1 amide bonds. The van der Waals surface area contributed by atoms with Gasteiger partial charge in [-0.25, -0.2) is 0 Å². The Hall–Kier alpha value is -1.97. The van der Waals surface area contributed by atoms with E-state index in [2.05, 4.69) is 5.32 Å². The van der Waals surface area contributed by atoms with Crippen molar-refractivity contribution in [1.29, 1.82) is 5.26 Å². The molecule has 0 spiro atoms. The highest BCUT2D eigenvalue weighted by atomic mass is 35.5. The van der Waals surface area contributed by atoms with Crippen LogP contribution in [0.15, 0.2) is 18.2 Å². The number of carbonyl (C=O) groups excluding carboxylic acids is 1. The molecule has 222 valence electrons. The largest absolute Gasteiger partial charge is 0.394 e. The second-order valence-corrected chi connectivity index (χ2v) is 10.1. The van der Waals surface area contributed by atoms with Gasteiger partial charge in [-0.15, -0.1) is 0 Å². The van der Waals surface area contributed by atoms with E-state index in [-0.39, 0.29) is 32.0 Å². The Kier molecular flexibility index (Phi) is 10.7. The van der Waals surface area contributed by atoms with E-state index >= 15 is 0 Å². The minimum absolute atomic E-state index is 0.00949. The third-order valence-electron chi connectivity index (χ3n) is 6.76. The van der Waals surface area contributed by atoms with Crippen LogP contribution in [-0.4, -0.2) is 112 Å². The molecule has 1 aromatic carbocycles. The first-order chi connectivity index (χ1) is 19.1. The van der Waals surface area contributed by atoms with Crippen molar-refractivity contribution in [3.8, 4) is 6.07 Å². The van der Waals surface area contributed by atoms with Gasteiger partial charge >= 0.3 is 0 Å². The van der Waals surface area contributed by atoms with Gasteiger partial charge in [0, 0.05) is 19.8 Å². The minimum atomic E-state index is -1.64. The van der Waals surface area contributed by atoms with Crippen LogP contribution in [0.2, 0.25) is 5.02 Å². The number of carbonyl (C=O) groups is 1. The summed E-state index contributed by atoms with van der Waals surface area (Å²) < 4.78 is 33.9. The number of halogens is 1. The maximum absolute atomic E-state index is 11.4. The van der Waals surface area contributed by atoms with Crippen molar-refractivity contribution in [2.45, 2.75) is 94.1 Å². The van der Waals surface area contributed by atoms with Crippen molar-refractivity contribution in [3.05, 3.63) is 28.8 Å². The number of aliphatic hydroxyl groups is 5. The molecule has 14 nitrogen and oxygen atoms in total. The van der Waals surface area contributed by atoms with Crippen LogP contribution in [0.25, 0.3) is 0 Å². The van der Waals surface area contributed by atoms with Crippen LogP contribution in [-0.2, 0) is 39.8 Å². The molecule has 3 heterocycles. The van der Waals surface area contributed by atoms with E-state index in [1.807, 2.05) is 6.07 Å². The van der Waals surface area contributed by atoms with Crippen LogP contribution in [0.4, 0.5) is 5.69 Å². The zero-order chi connectivity index (χ0) is 29.0. The first-order valence-electron chi connectivity index (χ1n) is 12.7. The zero-order valence-electron chi connectivity index (χ0n) is 21.5. The van der Waals surface area contributed by atoms with Gasteiger partial charge in [0.2, 0.25) is 5.91 Å². The second-order valence-electron chi connectivity index (χ2n) is 9.70. The average molecular weight is 589 g/mol. The number of amides is 1. The van der Waals surface area contributed by atoms with E-state index in [1.54, 1.807) is 18.2 Å². The highest BCUT2D eigenvalue weighted by molar-refractivity contribution is 6.33. The van der Waals surface area contributed by atoms with E-state index < -0.39 is 74.3 Å². The normalized spacial score (nSPS) is 37.8. The molecule has 4 rings (SSSR count). The molecule has 3 fully saturated rings. The molecule has 15 heteroatoms. The lowest BCUT2D eigenvalue weighted by atomic mass is 9.96. The predicted molar refractivity (Wildman–Crippen MR) is 133 cm³/mol. The summed E-state index contributed by atoms with van der Waals surface area (Å²) in [4.78, 5) is 11.4. The highest BCUT2D eigenvalue weighted by Gasteiger charge is 2.52. The zero-order valence-corrected chi connectivity index (χ0v) is 22.3. The Morgan fingerprint density at radius 3 is 2.58 bits per heavy atom. The highest BCUT2D eigenvalue weighted by Crippen LogP contribution is 2.33. The summed E-state index contributed by atoms with van der Waals surface area (Å²) in [5, 5.41) is 64.4. The topological polar surface area (TPSA) is 209 Å². The van der Waals surface area contributed by atoms with Crippen molar-refractivity contribution in [1.82, 2.24) is 0 Å². The van der Waals surface area contributed by atoms with E-state index in [4.69, 9.17) is 45.3 Å². The average Bonchev–Trinajstić information content (AvgIpc) is 2.93. The van der Waals surface area contributed by atoms with E-state index in [0.717, 1.165) is 0 Å². The fourth-order valence-electron chi connectivity index (χ4n) is 4.71. The summed E-state index contributed by atoms with van der Waals surface area (Å²) in [6.45, 7) is 0.579. The Labute approximate surface area is 234 Å². The van der Waals surface area contributed by atoms with E-state index in [9.17, 15) is 30.3 Å². The number of anilines is 1. The third-order valence-corrected chi connectivity index (χ3v) is 7.09. The van der Waals surface area contributed by atoms with Gasteiger partial charge in [0.1, 0.15) is 48.8 Å². The summed E-state index contributed by atoms with van der Waals surface area (Å²) in [6, 6.07) is 6.75. The number of benzene rings is 1. The van der Waals surface area contributed by atoms with Gasteiger partial charge in [0.15, 0.2) is 18.9 Å². The van der Waals surface area contributed by atoms with Crippen LogP contribution in [0.3, 0.4) is 0 Å². The van der Waals surface area contributed by atoms with Crippen molar-refractivity contribution >= 4 is 23.2 Å². The first-order valence-corrected chi connectivity index (χ1v) is 13.1. The molecule has 1 unspecified atom stereocenters. The third kappa shape index (κ3) is 7.08. The fraction of sp³-hybridized carbons (Fsp3) is 0.680. The van der Waals surface area contributed by atoms with Crippen LogP contribution in [0, 0.1) is 11.3 Å². The number of nitrogens with zero attached hydrogens (tertiary/aromatic N) is 1. The van der Waals surface area contributed by atoms with Gasteiger partial charge in [-0.2, -0.15) is 5.26 Å². The molecule has 1 aromatic rings. The Balaban J connectivity index is 1.37. The molecule has 6 N–H and O–H groups in total. The molecular formula is C25H33ClN2O12. The second kappa shape index (κ2) is 13.8. The smallest absolute Gasteiger partial charge is 0.221 e. The van der Waals surface area contributed by atoms with Gasteiger partial charge in [0.05, 0.1) is 36.6 Å². The van der Waals surface area contributed by atoms with Crippen molar-refractivity contribution in [2.75, 3.05) is 18.5 Å². The number of nitrogens with one attached hydrogen (secondary N) is 1. The molecule has 0 radical (unpaired) electrons. The first kappa shape index (κ1) is 31.0. The van der Waals surface area contributed by atoms with Crippen LogP contribution in [0.1, 0.15) is 25.3 Å². The summed E-state index contributed by atoms with van der Waals surface area (Å²) >= 11 is 6.08. The lowest BCUT2D eigenvalue weighted by molar-refractivity contribution is -0.384. The SMILES string of the molecule is CC(=O)Nc1cc(CO[C@@H]2O[C@H](CO)[C@@H](O[C@H]3O[C@@H]4COC(CCC#N)O[C@H]4[C@H](O)[C@H]3O)[C@H](O)[C@H]2O)ccc1Cl. The maximum atomic E-state index is 11.4. The number of hydrogen-bond acceptors (Lipinski definition) is 13. The van der Waals surface area contributed by atoms with Crippen molar-refractivity contribution < 1.29 is 58.7 Å². The number of rotatable bonds is 9. The molecule has 11 atom stereocenters. The summed E-state index contributed by atoms with van der Waals surface area (Å²) in [6.07, 6.45) is -13.8. The number of ether oxygens (including phenoxy) is 6. The van der Waals surface area contributed by atoms with Gasteiger partial charge in [0.25, 0.3) is 0 Å². The van der Waals surface area contributed by atoms with Gasteiger partial charge < -0.3 is 59.3 Å². The quantitative estimate of drug-likeness (QED) is 0.207. The Morgan fingerprint density at radius 1 is 1.12 bits per heavy atom. The molecule has 40 heavy (non-hydrogen) atoms. The van der Waals surface area contributed by atoms with E-state index in [0.29, 0.717) is 16.3 Å².